The molecule has 0 fully saturated rings. The Morgan fingerprint density at radius 1 is 1.60 bits per heavy atom. The van der Waals surface area contributed by atoms with Crippen LogP contribution in [-0.2, 0) is 14.3 Å². The minimum absolute atomic E-state index is 0.683. The second kappa shape index (κ2) is 2.31. The van der Waals surface area contributed by atoms with Gasteiger partial charge in [-0.05, 0) is 0 Å². The summed E-state index contributed by atoms with van der Waals surface area (Å²) < 4.78 is 4.50. The van der Waals surface area contributed by atoms with Crippen LogP contribution in [0.2, 0.25) is 0 Å². The number of carbonyl (C=O) groups is 2. The molecule has 50 valence electrons. The summed E-state index contributed by atoms with van der Waals surface area (Å²) in [6, 6.07) is 1.54. The molecule has 0 aromatic heterocycles. The summed E-state index contributed by atoms with van der Waals surface area (Å²) >= 11 is 0. The standard InChI is InChI=1S/C6H3NO3/c7-3-5-6(9)4(8)1-2-10-5/h1-2,5H. The van der Waals surface area contributed by atoms with Gasteiger partial charge >= 0.3 is 0 Å². The molecule has 1 aliphatic heterocycles. The van der Waals surface area contributed by atoms with Gasteiger partial charge in [-0.25, -0.2) is 0 Å². The Bertz CT molecular complexity index is 248. The number of nitrogens with zero attached hydrogens (tertiary/aromatic N) is 1. The summed E-state index contributed by atoms with van der Waals surface area (Å²) in [5.74, 6) is -1.48. The van der Waals surface area contributed by atoms with Gasteiger partial charge in [0.25, 0.3) is 5.78 Å². The molecule has 0 bridgehead atoms. The lowest BCUT2D eigenvalue weighted by molar-refractivity contribution is -0.139. The number of nitriles is 1. The van der Waals surface area contributed by atoms with Crippen molar-refractivity contribution in [2.75, 3.05) is 0 Å². The zero-order valence-corrected chi connectivity index (χ0v) is 4.90. The molecular weight excluding hydrogens is 134 g/mol. The van der Waals surface area contributed by atoms with Gasteiger partial charge in [-0.1, -0.05) is 0 Å². The molecule has 0 aromatic rings. The van der Waals surface area contributed by atoms with E-state index >= 15 is 0 Å². The predicted molar refractivity (Wildman–Crippen MR) is 29.6 cm³/mol. The van der Waals surface area contributed by atoms with Crippen LogP contribution in [0.25, 0.3) is 0 Å². The van der Waals surface area contributed by atoms with E-state index in [0.717, 1.165) is 12.3 Å². The molecule has 0 saturated heterocycles. The van der Waals surface area contributed by atoms with Gasteiger partial charge in [-0.2, -0.15) is 5.26 Å². The Morgan fingerprint density at radius 2 is 2.30 bits per heavy atom. The van der Waals surface area contributed by atoms with Crippen LogP contribution >= 0.6 is 0 Å². The van der Waals surface area contributed by atoms with E-state index in [9.17, 15) is 9.59 Å². The lowest BCUT2D eigenvalue weighted by Crippen LogP contribution is -2.30. The van der Waals surface area contributed by atoms with Crippen LogP contribution in [0.5, 0.6) is 0 Å². The van der Waals surface area contributed by atoms with Gasteiger partial charge in [0.2, 0.25) is 11.9 Å². The molecule has 4 heteroatoms. The number of carbonyl (C=O) groups excluding carboxylic acids is 2. The van der Waals surface area contributed by atoms with Crippen molar-refractivity contribution >= 4 is 11.6 Å². The zero-order valence-electron chi connectivity index (χ0n) is 4.90. The van der Waals surface area contributed by atoms with E-state index in [1.807, 2.05) is 0 Å². The summed E-state index contributed by atoms with van der Waals surface area (Å²) in [6.07, 6.45) is 0.811. The molecule has 10 heavy (non-hydrogen) atoms. The summed E-state index contributed by atoms with van der Waals surface area (Å²) in [5, 5.41) is 8.20. The van der Waals surface area contributed by atoms with Gasteiger partial charge in [0.15, 0.2) is 0 Å². The topological polar surface area (TPSA) is 67.2 Å². The monoisotopic (exact) mass is 137 g/mol. The van der Waals surface area contributed by atoms with Crippen LogP contribution in [-0.4, -0.2) is 17.7 Å². The molecule has 0 aliphatic carbocycles. The average molecular weight is 137 g/mol. The first-order chi connectivity index (χ1) is 4.75. The quantitative estimate of drug-likeness (QED) is 0.424. The predicted octanol–water partition coefficient (Wildman–Crippen LogP) is -0.439. The molecule has 4 nitrogen and oxygen atoms in total. The van der Waals surface area contributed by atoms with Gasteiger partial charge in [0, 0.05) is 6.08 Å². The summed E-state index contributed by atoms with van der Waals surface area (Å²) in [7, 11) is 0. The highest BCUT2D eigenvalue weighted by Crippen LogP contribution is 2.01. The van der Waals surface area contributed by atoms with Crippen LogP contribution in [0.15, 0.2) is 12.3 Å². The molecule has 1 unspecified atom stereocenters. The number of Topliss-reactive ketones (excluding diaryl/α,β-unsaturated/α-hetero) is 1. The summed E-state index contributed by atoms with van der Waals surface area (Å²) in [5.41, 5.74) is 0. The van der Waals surface area contributed by atoms with Gasteiger partial charge in [-0.3, -0.25) is 9.59 Å². The van der Waals surface area contributed by atoms with Crippen LogP contribution in [0.3, 0.4) is 0 Å². The van der Waals surface area contributed by atoms with E-state index in [2.05, 4.69) is 4.74 Å². The van der Waals surface area contributed by atoms with Crippen molar-refractivity contribution in [1.29, 1.82) is 5.26 Å². The maximum Gasteiger partial charge on any atom is 0.257 e. The fourth-order valence-electron chi connectivity index (χ4n) is 0.542. The van der Waals surface area contributed by atoms with E-state index in [1.54, 1.807) is 6.07 Å². The SMILES string of the molecule is N#CC1OC=CC(=O)C1=O. The van der Waals surface area contributed by atoms with Crippen molar-refractivity contribution in [3.63, 3.8) is 0 Å². The Hall–Kier alpha value is -1.63. The molecule has 1 rings (SSSR count). The molecule has 0 aromatic carbocycles. The first-order valence-corrected chi connectivity index (χ1v) is 2.55. The van der Waals surface area contributed by atoms with Crippen LogP contribution in [0.4, 0.5) is 0 Å². The third-order valence-electron chi connectivity index (χ3n) is 1.03. The summed E-state index contributed by atoms with van der Waals surface area (Å²) in [6.45, 7) is 0. The number of ether oxygens (including phenoxy) is 1. The third kappa shape index (κ3) is 0.890. The highest BCUT2D eigenvalue weighted by molar-refractivity contribution is 6.44. The third-order valence-corrected chi connectivity index (χ3v) is 1.03. The van der Waals surface area contributed by atoms with E-state index in [0.29, 0.717) is 0 Å². The van der Waals surface area contributed by atoms with Crippen molar-refractivity contribution in [3.05, 3.63) is 12.3 Å². The second-order valence-corrected chi connectivity index (χ2v) is 1.68. The minimum atomic E-state index is -1.24. The van der Waals surface area contributed by atoms with Crippen molar-refractivity contribution in [2.24, 2.45) is 0 Å². The average Bonchev–Trinajstić information content (AvgIpc) is 1.95. The molecule has 1 aliphatic rings. The van der Waals surface area contributed by atoms with Crippen LogP contribution in [0, 0.1) is 11.3 Å². The Kier molecular flexibility index (Phi) is 1.50. The maximum atomic E-state index is 10.6. The van der Waals surface area contributed by atoms with Crippen LogP contribution < -0.4 is 0 Å². The molecule has 0 N–H and O–H groups in total. The largest absolute Gasteiger partial charge is 0.475 e. The molecule has 0 spiro atoms. The van der Waals surface area contributed by atoms with Crippen molar-refractivity contribution in [3.8, 4) is 6.07 Å². The Labute approximate surface area is 56.7 Å². The van der Waals surface area contributed by atoms with Crippen molar-refractivity contribution in [2.45, 2.75) is 6.10 Å². The summed E-state index contributed by atoms with van der Waals surface area (Å²) in [4.78, 5) is 21.1. The van der Waals surface area contributed by atoms with Gasteiger partial charge in [0.05, 0.1) is 6.26 Å². The first kappa shape index (κ1) is 6.49. The fourth-order valence-corrected chi connectivity index (χ4v) is 0.542. The molecule has 0 radical (unpaired) electrons. The lowest BCUT2D eigenvalue weighted by Gasteiger charge is -2.08. The Balaban J connectivity index is 2.87. The van der Waals surface area contributed by atoms with Gasteiger partial charge < -0.3 is 4.74 Å². The van der Waals surface area contributed by atoms with E-state index in [-0.39, 0.29) is 0 Å². The maximum absolute atomic E-state index is 10.6. The number of rotatable bonds is 0. The van der Waals surface area contributed by atoms with Crippen LogP contribution in [0.1, 0.15) is 0 Å². The first-order valence-electron chi connectivity index (χ1n) is 2.55. The number of hydrogen-bond acceptors (Lipinski definition) is 4. The van der Waals surface area contributed by atoms with E-state index in [1.165, 1.54) is 0 Å². The minimum Gasteiger partial charge on any atom is -0.475 e. The fraction of sp³-hybridized carbons (Fsp3) is 0.167. The lowest BCUT2D eigenvalue weighted by atomic mass is 10.1. The molecular formula is C6H3NO3. The van der Waals surface area contributed by atoms with Crippen molar-refractivity contribution in [1.82, 2.24) is 0 Å². The molecule has 1 heterocycles. The normalized spacial score (nSPS) is 23.7. The second-order valence-electron chi connectivity index (χ2n) is 1.68. The highest BCUT2D eigenvalue weighted by Gasteiger charge is 2.26. The number of allylic oxidation sites excluding steroid dienone is 1. The van der Waals surface area contributed by atoms with Crippen molar-refractivity contribution < 1.29 is 14.3 Å². The smallest absolute Gasteiger partial charge is 0.257 e. The molecule has 0 saturated carbocycles. The van der Waals surface area contributed by atoms with Gasteiger partial charge in [-0.15, -0.1) is 0 Å². The van der Waals surface area contributed by atoms with E-state index in [4.69, 9.17) is 5.26 Å². The zero-order chi connectivity index (χ0) is 7.56. The number of ketones is 2. The van der Waals surface area contributed by atoms with E-state index < -0.39 is 17.7 Å². The van der Waals surface area contributed by atoms with Gasteiger partial charge in [0.1, 0.15) is 6.07 Å². The number of hydrogen-bond donors (Lipinski definition) is 0. The Morgan fingerprint density at radius 3 is 2.80 bits per heavy atom. The highest BCUT2D eigenvalue weighted by atomic mass is 16.5. The molecule has 1 atom stereocenters. The molecule has 0 amide bonds.